The van der Waals surface area contributed by atoms with E-state index < -0.39 is 0 Å². The first-order valence-corrected chi connectivity index (χ1v) is 8.38. The minimum Gasteiger partial charge on any atom is -0.383 e. The molecule has 1 amide bonds. The molecule has 1 atom stereocenters. The molecule has 23 heavy (non-hydrogen) atoms. The van der Waals surface area contributed by atoms with Crippen molar-refractivity contribution in [3.63, 3.8) is 0 Å². The van der Waals surface area contributed by atoms with Gasteiger partial charge in [0.25, 0.3) is 5.56 Å². The monoisotopic (exact) mass is 337 g/mol. The van der Waals surface area contributed by atoms with E-state index in [-0.39, 0.29) is 23.9 Å². The Morgan fingerprint density at radius 3 is 2.83 bits per heavy atom. The van der Waals surface area contributed by atoms with Crippen molar-refractivity contribution in [2.75, 3.05) is 20.8 Å². The summed E-state index contributed by atoms with van der Waals surface area (Å²) in [5, 5.41) is 0.670. The Kier molecular flexibility index (Phi) is 5.54. The quantitative estimate of drug-likeness (QED) is 0.808. The lowest BCUT2D eigenvalue weighted by atomic mass is 10.2. The molecule has 0 N–H and O–H groups in total. The minimum atomic E-state index is -0.0720. The molecule has 2 aromatic rings. The Hall–Kier alpha value is -1.73. The van der Waals surface area contributed by atoms with Gasteiger partial charge in [0.15, 0.2) is 0 Å². The maximum absolute atomic E-state index is 12.6. The summed E-state index contributed by atoms with van der Waals surface area (Å²) in [6.45, 7) is 6.68. The first kappa shape index (κ1) is 17.6. The van der Waals surface area contributed by atoms with E-state index in [1.165, 1.54) is 22.2 Å². The molecule has 126 valence electrons. The first-order valence-electron chi connectivity index (χ1n) is 7.56. The second kappa shape index (κ2) is 7.23. The van der Waals surface area contributed by atoms with E-state index >= 15 is 0 Å². The predicted molar refractivity (Wildman–Crippen MR) is 92.1 cm³/mol. The molecule has 0 bridgehead atoms. The maximum atomic E-state index is 12.6. The SMILES string of the molecule is COCC(C)N(C)C(=O)CCn1cnc2sc(C)c(C)c2c1=O. The molecule has 0 aliphatic heterocycles. The average Bonchev–Trinajstić information content (AvgIpc) is 2.81. The van der Waals surface area contributed by atoms with Gasteiger partial charge in [0.05, 0.1) is 24.4 Å². The molecular formula is C16H23N3O3S. The standard InChI is InChI=1S/C16H23N3O3S/c1-10(8-22-5)18(4)13(20)6-7-19-9-17-15-14(16(19)21)11(2)12(3)23-15/h9-10H,6-8H2,1-5H3. The van der Waals surface area contributed by atoms with Gasteiger partial charge in [-0.1, -0.05) is 0 Å². The molecule has 0 aliphatic carbocycles. The van der Waals surface area contributed by atoms with Crippen LogP contribution in [0.15, 0.2) is 11.1 Å². The van der Waals surface area contributed by atoms with Crippen LogP contribution in [0.4, 0.5) is 0 Å². The Balaban J connectivity index is 2.14. The van der Waals surface area contributed by atoms with Crippen molar-refractivity contribution in [2.45, 2.75) is 39.8 Å². The van der Waals surface area contributed by atoms with E-state index in [2.05, 4.69) is 4.98 Å². The predicted octanol–water partition coefficient (Wildman–Crippen LogP) is 1.96. The van der Waals surface area contributed by atoms with E-state index in [4.69, 9.17) is 4.74 Å². The summed E-state index contributed by atoms with van der Waals surface area (Å²) in [5.74, 6) is -0.0141. The number of aromatic nitrogens is 2. The van der Waals surface area contributed by atoms with Crippen LogP contribution in [-0.2, 0) is 16.1 Å². The number of nitrogens with zero attached hydrogens (tertiary/aromatic N) is 3. The highest BCUT2D eigenvalue weighted by Crippen LogP contribution is 2.25. The Morgan fingerprint density at radius 2 is 2.17 bits per heavy atom. The van der Waals surface area contributed by atoms with E-state index in [1.54, 1.807) is 19.1 Å². The van der Waals surface area contributed by atoms with E-state index in [0.29, 0.717) is 18.5 Å². The second-order valence-corrected chi connectivity index (χ2v) is 6.97. The number of ether oxygens (including phenoxy) is 1. The molecule has 0 spiro atoms. The zero-order valence-electron chi connectivity index (χ0n) is 14.3. The van der Waals surface area contributed by atoms with Crippen LogP contribution in [0, 0.1) is 13.8 Å². The van der Waals surface area contributed by atoms with E-state index in [1.807, 2.05) is 20.8 Å². The van der Waals surface area contributed by atoms with Crippen LogP contribution in [0.1, 0.15) is 23.8 Å². The average molecular weight is 337 g/mol. The molecule has 0 fully saturated rings. The fourth-order valence-electron chi connectivity index (χ4n) is 2.42. The van der Waals surface area contributed by atoms with Gasteiger partial charge >= 0.3 is 0 Å². The van der Waals surface area contributed by atoms with Crippen LogP contribution in [0.2, 0.25) is 0 Å². The Bertz CT molecular complexity index is 766. The molecule has 7 heteroatoms. The third-order valence-electron chi connectivity index (χ3n) is 4.18. The number of carbonyl (C=O) groups excluding carboxylic acids is 1. The second-order valence-electron chi connectivity index (χ2n) is 5.77. The molecule has 0 radical (unpaired) electrons. The smallest absolute Gasteiger partial charge is 0.262 e. The van der Waals surface area contributed by atoms with Gasteiger partial charge in [-0.3, -0.25) is 14.2 Å². The van der Waals surface area contributed by atoms with E-state index in [0.717, 1.165) is 15.3 Å². The van der Waals surface area contributed by atoms with Gasteiger partial charge in [-0.05, 0) is 26.3 Å². The third kappa shape index (κ3) is 3.61. The molecule has 2 aromatic heterocycles. The lowest BCUT2D eigenvalue weighted by Crippen LogP contribution is -2.38. The molecule has 1 unspecified atom stereocenters. The number of likely N-dealkylation sites (N-methyl/N-ethyl adjacent to an activating group) is 1. The lowest BCUT2D eigenvalue weighted by molar-refractivity contribution is -0.132. The molecule has 0 saturated heterocycles. The molecule has 0 aromatic carbocycles. The van der Waals surface area contributed by atoms with Gasteiger partial charge in [-0.15, -0.1) is 11.3 Å². The van der Waals surface area contributed by atoms with Crippen LogP contribution < -0.4 is 5.56 Å². The van der Waals surface area contributed by atoms with E-state index in [9.17, 15) is 9.59 Å². The summed E-state index contributed by atoms with van der Waals surface area (Å²) in [6.07, 6.45) is 1.80. The van der Waals surface area contributed by atoms with Gasteiger partial charge in [0.2, 0.25) is 5.91 Å². The van der Waals surface area contributed by atoms with Gasteiger partial charge in [-0.25, -0.2) is 4.98 Å². The number of hydrogen-bond acceptors (Lipinski definition) is 5. The summed E-state index contributed by atoms with van der Waals surface area (Å²) in [5.41, 5.74) is 0.909. The number of rotatable bonds is 6. The highest BCUT2D eigenvalue weighted by atomic mass is 32.1. The number of thiophene rings is 1. The molecule has 2 heterocycles. The normalized spacial score (nSPS) is 12.6. The molecule has 2 rings (SSSR count). The van der Waals surface area contributed by atoms with Crippen molar-refractivity contribution in [2.24, 2.45) is 0 Å². The van der Waals surface area contributed by atoms with Crippen molar-refractivity contribution in [3.05, 3.63) is 27.1 Å². The summed E-state index contributed by atoms with van der Waals surface area (Å²) >= 11 is 1.53. The highest BCUT2D eigenvalue weighted by molar-refractivity contribution is 7.18. The fourth-order valence-corrected chi connectivity index (χ4v) is 3.41. The summed E-state index contributed by atoms with van der Waals surface area (Å²) in [4.78, 5) is 32.6. The summed E-state index contributed by atoms with van der Waals surface area (Å²) in [6, 6.07) is 0.00611. The third-order valence-corrected chi connectivity index (χ3v) is 5.30. The molecular weight excluding hydrogens is 314 g/mol. The lowest BCUT2D eigenvalue weighted by Gasteiger charge is -2.24. The van der Waals surface area contributed by atoms with Crippen LogP contribution in [0.5, 0.6) is 0 Å². The van der Waals surface area contributed by atoms with Gasteiger partial charge in [0, 0.05) is 32.0 Å². The van der Waals surface area contributed by atoms with Crippen LogP contribution in [0.25, 0.3) is 10.2 Å². The number of methoxy groups -OCH3 is 1. The van der Waals surface area contributed by atoms with Gasteiger partial charge in [-0.2, -0.15) is 0 Å². The Morgan fingerprint density at radius 1 is 1.48 bits per heavy atom. The van der Waals surface area contributed by atoms with Crippen LogP contribution in [-0.4, -0.2) is 47.2 Å². The molecule has 0 aliphatic rings. The number of fused-ring (bicyclic) bond motifs is 1. The summed E-state index contributed by atoms with van der Waals surface area (Å²) in [7, 11) is 3.36. The number of aryl methyl sites for hydroxylation is 3. The highest BCUT2D eigenvalue weighted by Gasteiger charge is 2.17. The summed E-state index contributed by atoms with van der Waals surface area (Å²) < 4.78 is 6.58. The van der Waals surface area contributed by atoms with Crippen molar-refractivity contribution < 1.29 is 9.53 Å². The first-order chi connectivity index (χ1) is 10.9. The van der Waals surface area contributed by atoms with Gasteiger partial charge < -0.3 is 9.64 Å². The molecule has 6 nitrogen and oxygen atoms in total. The largest absolute Gasteiger partial charge is 0.383 e. The van der Waals surface area contributed by atoms with Crippen molar-refractivity contribution >= 4 is 27.5 Å². The maximum Gasteiger partial charge on any atom is 0.262 e. The zero-order valence-corrected chi connectivity index (χ0v) is 15.1. The topological polar surface area (TPSA) is 64.4 Å². The van der Waals surface area contributed by atoms with Crippen LogP contribution in [0.3, 0.4) is 0 Å². The van der Waals surface area contributed by atoms with Crippen molar-refractivity contribution in [1.82, 2.24) is 14.5 Å². The van der Waals surface area contributed by atoms with Crippen molar-refractivity contribution in [3.8, 4) is 0 Å². The minimum absolute atomic E-state index is 0.00611. The number of amides is 1. The van der Waals surface area contributed by atoms with Crippen molar-refractivity contribution in [1.29, 1.82) is 0 Å². The fraction of sp³-hybridized carbons (Fsp3) is 0.562. The zero-order chi connectivity index (χ0) is 17.1. The number of carbonyl (C=O) groups is 1. The molecule has 0 saturated carbocycles. The Labute approximate surface area is 139 Å². The number of hydrogen-bond donors (Lipinski definition) is 0. The van der Waals surface area contributed by atoms with Gasteiger partial charge in [0.1, 0.15) is 4.83 Å². The van der Waals surface area contributed by atoms with Crippen LogP contribution >= 0.6 is 11.3 Å².